The smallest absolute Gasteiger partial charge is 0.427 e. The van der Waals surface area contributed by atoms with E-state index in [0.29, 0.717) is 12.7 Å². The second kappa shape index (κ2) is 5.67. The highest BCUT2D eigenvalue weighted by Gasteiger charge is 2.33. The fraction of sp³-hybridized carbons (Fsp3) is 0.538. The van der Waals surface area contributed by atoms with Crippen LogP contribution >= 0.6 is 0 Å². The lowest BCUT2D eigenvalue weighted by molar-refractivity contribution is 0.0357. The summed E-state index contributed by atoms with van der Waals surface area (Å²) in [5, 5.41) is 19.7. The highest BCUT2D eigenvalue weighted by molar-refractivity contribution is 6.42. The van der Waals surface area contributed by atoms with Crippen molar-refractivity contribution in [2.45, 2.75) is 44.7 Å². The highest BCUT2D eigenvalue weighted by atomic mass is 16.5. The van der Waals surface area contributed by atoms with Gasteiger partial charge < -0.3 is 14.8 Å². The van der Waals surface area contributed by atoms with Gasteiger partial charge in [0.15, 0.2) is 0 Å². The van der Waals surface area contributed by atoms with E-state index in [1.807, 2.05) is 24.3 Å². The van der Waals surface area contributed by atoms with Gasteiger partial charge in [0.2, 0.25) is 0 Å². The zero-order chi connectivity index (χ0) is 12.3. The van der Waals surface area contributed by atoms with E-state index in [9.17, 15) is 10.1 Å². The molecule has 3 nitrogen and oxygen atoms in total. The highest BCUT2D eigenvalue weighted by Crippen LogP contribution is 2.34. The summed E-state index contributed by atoms with van der Waals surface area (Å²) in [6.45, 7) is 2.08. The molecule has 2 atom stereocenters. The molecule has 1 aliphatic carbocycles. The molecule has 2 N–H and O–H groups in total. The molecule has 0 radical (unpaired) electrons. The zero-order valence-electron chi connectivity index (χ0n) is 10.2. The molecule has 0 spiro atoms. The molecule has 92 valence electrons. The monoisotopic (exact) mass is 234 g/mol. The Hall–Kier alpha value is -0.835. The molecule has 2 rings (SSSR count). The Balaban J connectivity index is 2.01. The molecule has 0 fully saturated rings. The summed E-state index contributed by atoms with van der Waals surface area (Å²) in [6, 6.07) is 7.86. The maximum atomic E-state index is 9.95. The molecule has 4 heteroatoms. The van der Waals surface area contributed by atoms with Gasteiger partial charge in [-0.3, -0.25) is 0 Å². The van der Waals surface area contributed by atoms with E-state index in [2.05, 4.69) is 6.92 Å². The van der Waals surface area contributed by atoms with Crippen molar-refractivity contribution in [3.05, 3.63) is 35.4 Å². The summed E-state index contributed by atoms with van der Waals surface area (Å²) in [6.07, 6.45) is 2.29. The largest absolute Gasteiger partial charge is 0.454 e. The van der Waals surface area contributed by atoms with Crippen molar-refractivity contribution in [1.29, 1.82) is 0 Å². The second-order valence-corrected chi connectivity index (χ2v) is 4.62. The van der Waals surface area contributed by atoms with Crippen LogP contribution in [0.4, 0.5) is 0 Å². The SMILES string of the molecule is CCCCB(O)O[C@H]1c2ccccc2C[C@H]1O. The van der Waals surface area contributed by atoms with E-state index in [4.69, 9.17) is 4.65 Å². The van der Waals surface area contributed by atoms with Gasteiger partial charge >= 0.3 is 7.12 Å². The standard InChI is InChI=1S/C13H19BO3/c1-2-3-8-14(16)17-13-11-7-5-4-6-10(11)9-12(13)15/h4-7,12-13,15-16H,2-3,8-9H2,1H3/t12-,13+/m1/s1. The predicted molar refractivity (Wildman–Crippen MR) is 67.7 cm³/mol. The third-order valence-electron chi connectivity index (χ3n) is 3.25. The Labute approximate surface area is 103 Å². The van der Waals surface area contributed by atoms with Crippen molar-refractivity contribution in [1.82, 2.24) is 0 Å². The summed E-state index contributed by atoms with van der Waals surface area (Å²) >= 11 is 0. The van der Waals surface area contributed by atoms with Crippen LogP contribution in [0.25, 0.3) is 0 Å². The summed E-state index contributed by atoms with van der Waals surface area (Å²) in [5.74, 6) is 0. The number of aliphatic hydroxyl groups excluding tert-OH is 1. The number of aliphatic hydroxyl groups is 1. The molecule has 0 bridgehead atoms. The minimum absolute atomic E-state index is 0.377. The third kappa shape index (κ3) is 2.89. The molecular formula is C13H19BO3. The quantitative estimate of drug-likeness (QED) is 0.765. The average molecular weight is 234 g/mol. The molecule has 0 aliphatic heterocycles. The Bertz CT molecular complexity index is 369. The normalized spacial score (nSPS) is 22.5. The molecule has 0 unspecified atom stereocenters. The molecular weight excluding hydrogens is 215 g/mol. The van der Waals surface area contributed by atoms with Crippen molar-refractivity contribution in [3.63, 3.8) is 0 Å². The lowest BCUT2D eigenvalue weighted by atomic mass is 9.82. The van der Waals surface area contributed by atoms with E-state index in [1.54, 1.807) is 0 Å². The van der Waals surface area contributed by atoms with Gasteiger partial charge in [0.05, 0.1) is 12.2 Å². The van der Waals surface area contributed by atoms with Gasteiger partial charge in [-0.05, 0) is 17.4 Å². The molecule has 0 saturated carbocycles. The summed E-state index contributed by atoms with van der Waals surface area (Å²) in [4.78, 5) is 0. The number of benzene rings is 1. The first-order chi connectivity index (χ1) is 8.22. The number of rotatable bonds is 5. The van der Waals surface area contributed by atoms with Crippen LogP contribution in [0.2, 0.25) is 6.32 Å². The molecule has 0 amide bonds. The molecule has 1 aromatic rings. The summed E-state index contributed by atoms with van der Waals surface area (Å²) in [5.41, 5.74) is 2.13. The number of hydrogen-bond acceptors (Lipinski definition) is 3. The molecule has 0 heterocycles. The van der Waals surface area contributed by atoms with Gasteiger partial charge in [-0.25, -0.2) is 0 Å². The van der Waals surface area contributed by atoms with Gasteiger partial charge in [0, 0.05) is 6.42 Å². The lowest BCUT2D eigenvalue weighted by Crippen LogP contribution is -2.26. The Morgan fingerprint density at radius 2 is 2.18 bits per heavy atom. The van der Waals surface area contributed by atoms with E-state index in [1.165, 1.54) is 0 Å². The van der Waals surface area contributed by atoms with E-state index >= 15 is 0 Å². The first-order valence-corrected chi connectivity index (χ1v) is 6.31. The van der Waals surface area contributed by atoms with Gasteiger partial charge in [-0.2, -0.15) is 0 Å². The molecule has 1 aromatic carbocycles. The van der Waals surface area contributed by atoms with Crippen molar-refractivity contribution in [3.8, 4) is 0 Å². The minimum atomic E-state index is -0.777. The summed E-state index contributed by atoms with van der Waals surface area (Å²) < 4.78 is 5.56. The van der Waals surface area contributed by atoms with Gasteiger partial charge in [-0.1, -0.05) is 44.0 Å². The fourth-order valence-electron chi connectivity index (χ4n) is 2.32. The van der Waals surface area contributed by atoms with Crippen LogP contribution < -0.4 is 0 Å². The van der Waals surface area contributed by atoms with Crippen molar-refractivity contribution >= 4 is 7.12 Å². The minimum Gasteiger partial charge on any atom is -0.427 e. The van der Waals surface area contributed by atoms with Crippen LogP contribution in [0, 0.1) is 0 Å². The Morgan fingerprint density at radius 1 is 1.41 bits per heavy atom. The number of unbranched alkanes of at least 4 members (excludes halogenated alkanes) is 1. The van der Waals surface area contributed by atoms with Crippen LogP contribution in [0.5, 0.6) is 0 Å². The first-order valence-electron chi connectivity index (χ1n) is 6.31. The van der Waals surface area contributed by atoms with Crippen molar-refractivity contribution < 1.29 is 14.8 Å². The molecule has 17 heavy (non-hydrogen) atoms. The van der Waals surface area contributed by atoms with Crippen LogP contribution in [-0.4, -0.2) is 23.4 Å². The third-order valence-corrected chi connectivity index (χ3v) is 3.25. The van der Waals surface area contributed by atoms with E-state index < -0.39 is 13.2 Å². The van der Waals surface area contributed by atoms with Crippen LogP contribution in [0.1, 0.15) is 37.0 Å². The molecule has 1 aliphatic rings. The Morgan fingerprint density at radius 3 is 2.94 bits per heavy atom. The number of fused-ring (bicyclic) bond motifs is 1. The van der Waals surface area contributed by atoms with Gasteiger partial charge in [-0.15, -0.1) is 0 Å². The maximum Gasteiger partial charge on any atom is 0.454 e. The van der Waals surface area contributed by atoms with Gasteiger partial charge in [0.1, 0.15) is 0 Å². The van der Waals surface area contributed by atoms with Crippen molar-refractivity contribution in [2.75, 3.05) is 0 Å². The van der Waals surface area contributed by atoms with E-state index in [0.717, 1.165) is 24.0 Å². The Kier molecular flexibility index (Phi) is 4.21. The molecule has 0 aromatic heterocycles. The van der Waals surface area contributed by atoms with Crippen LogP contribution in [0.15, 0.2) is 24.3 Å². The van der Waals surface area contributed by atoms with Crippen LogP contribution in [0.3, 0.4) is 0 Å². The lowest BCUT2D eigenvalue weighted by Gasteiger charge is -2.19. The average Bonchev–Trinajstić information content (AvgIpc) is 2.64. The number of hydrogen-bond donors (Lipinski definition) is 2. The second-order valence-electron chi connectivity index (χ2n) is 4.62. The van der Waals surface area contributed by atoms with Crippen molar-refractivity contribution in [2.24, 2.45) is 0 Å². The van der Waals surface area contributed by atoms with E-state index in [-0.39, 0.29) is 6.10 Å². The first kappa shape index (κ1) is 12.6. The molecule has 0 saturated heterocycles. The summed E-state index contributed by atoms with van der Waals surface area (Å²) in [7, 11) is -0.777. The topological polar surface area (TPSA) is 49.7 Å². The van der Waals surface area contributed by atoms with Gasteiger partial charge in [0.25, 0.3) is 0 Å². The fourth-order valence-corrected chi connectivity index (χ4v) is 2.32. The zero-order valence-corrected chi connectivity index (χ0v) is 10.2. The van der Waals surface area contributed by atoms with Crippen LogP contribution in [-0.2, 0) is 11.1 Å². The predicted octanol–water partition coefficient (Wildman–Crippen LogP) is 1.94. The maximum absolute atomic E-state index is 9.95.